The third kappa shape index (κ3) is 4.49. The first-order valence-corrected chi connectivity index (χ1v) is 10.2. The number of nitrogens with zero attached hydrogens (tertiary/aromatic N) is 1. The van der Waals surface area contributed by atoms with Crippen molar-refractivity contribution in [3.63, 3.8) is 0 Å². The number of hydrogen-bond donors (Lipinski definition) is 2. The van der Waals surface area contributed by atoms with Crippen molar-refractivity contribution in [1.29, 1.82) is 0 Å². The number of benzene rings is 1. The van der Waals surface area contributed by atoms with Crippen LogP contribution in [0.15, 0.2) is 47.5 Å². The van der Waals surface area contributed by atoms with E-state index in [-0.39, 0.29) is 12.0 Å². The van der Waals surface area contributed by atoms with E-state index in [1.165, 1.54) is 6.26 Å². The van der Waals surface area contributed by atoms with Gasteiger partial charge in [0.15, 0.2) is 9.84 Å². The van der Waals surface area contributed by atoms with Crippen molar-refractivity contribution >= 4 is 15.5 Å². The molecule has 25 heavy (non-hydrogen) atoms. The minimum absolute atomic E-state index is 0.0298. The van der Waals surface area contributed by atoms with Gasteiger partial charge < -0.3 is 15.4 Å². The zero-order chi connectivity index (χ0) is 17.9. The Labute approximate surface area is 148 Å². The zero-order valence-corrected chi connectivity index (χ0v) is 15.2. The Bertz CT molecular complexity index is 822. The molecule has 134 valence electrons. The van der Waals surface area contributed by atoms with Crippen LogP contribution < -0.4 is 15.4 Å². The van der Waals surface area contributed by atoms with Crippen molar-refractivity contribution in [2.45, 2.75) is 23.8 Å². The van der Waals surface area contributed by atoms with Crippen molar-refractivity contribution < 1.29 is 13.2 Å². The number of aromatic nitrogens is 1. The van der Waals surface area contributed by atoms with Gasteiger partial charge in [0.1, 0.15) is 6.10 Å². The summed E-state index contributed by atoms with van der Waals surface area (Å²) in [4.78, 5) is 4.58. The lowest BCUT2D eigenvalue weighted by Crippen LogP contribution is -2.40. The molecule has 0 radical (unpaired) electrons. The minimum atomic E-state index is -3.15. The van der Waals surface area contributed by atoms with Crippen LogP contribution in [-0.2, 0) is 9.84 Å². The molecule has 1 aliphatic heterocycles. The van der Waals surface area contributed by atoms with Crippen molar-refractivity contribution in [2.24, 2.45) is 0 Å². The Morgan fingerprint density at radius 1 is 1.32 bits per heavy atom. The molecule has 0 amide bonds. The van der Waals surface area contributed by atoms with Gasteiger partial charge in [-0.2, -0.15) is 0 Å². The average molecular weight is 361 g/mol. The van der Waals surface area contributed by atoms with Crippen molar-refractivity contribution in [1.82, 2.24) is 10.3 Å². The first-order chi connectivity index (χ1) is 11.9. The highest BCUT2D eigenvalue weighted by molar-refractivity contribution is 7.90. The molecule has 1 aliphatic rings. The van der Waals surface area contributed by atoms with Gasteiger partial charge in [0, 0.05) is 25.5 Å². The predicted molar refractivity (Wildman–Crippen MR) is 98.0 cm³/mol. The lowest BCUT2D eigenvalue weighted by molar-refractivity contribution is 0.193. The molecule has 0 unspecified atom stereocenters. The summed E-state index contributed by atoms with van der Waals surface area (Å²) in [5.41, 5.74) is 2.03. The summed E-state index contributed by atoms with van der Waals surface area (Å²) in [5.74, 6) is 0.917. The quantitative estimate of drug-likeness (QED) is 0.820. The van der Waals surface area contributed by atoms with Crippen molar-refractivity contribution in [3.8, 4) is 5.88 Å². The van der Waals surface area contributed by atoms with Gasteiger partial charge in [-0.05, 0) is 35.7 Å². The fourth-order valence-electron chi connectivity index (χ4n) is 2.78. The number of nitrogens with one attached hydrogen (secondary N) is 2. The molecule has 1 aromatic carbocycles. The molecule has 0 fully saturated rings. The molecule has 1 aromatic heterocycles. The summed E-state index contributed by atoms with van der Waals surface area (Å²) in [6.07, 6.45) is 2.97. The van der Waals surface area contributed by atoms with E-state index in [4.69, 9.17) is 4.74 Å². The molecule has 2 aromatic rings. The number of rotatable bonds is 6. The van der Waals surface area contributed by atoms with E-state index >= 15 is 0 Å². The molecular weight excluding hydrogens is 338 g/mol. The molecule has 6 nitrogen and oxygen atoms in total. The molecule has 0 saturated heterocycles. The number of hydrogen-bond acceptors (Lipinski definition) is 6. The summed E-state index contributed by atoms with van der Waals surface area (Å²) >= 11 is 0. The SMILES string of the molecule is C[C@H](CNC[C@@H]1CNc2cccnc2O1)c1ccc(S(C)(=O)=O)cc1. The lowest BCUT2D eigenvalue weighted by atomic mass is 10.0. The number of sulfone groups is 1. The second-order valence-electron chi connectivity index (χ2n) is 6.38. The number of pyridine rings is 1. The van der Waals surface area contributed by atoms with Gasteiger partial charge in [-0.1, -0.05) is 19.1 Å². The Kier molecular flexibility index (Phi) is 5.24. The topological polar surface area (TPSA) is 80.3 Å². The van der Waals surface area contributed by atoms with Gasteiger partial charge in [0.2, 0.25) is 5.88 Å². The van der Waals surface area contributed by atoms with Crippen LogP contribution in [0, 0.1) is 0 Å². The fraction of sp³-hybridized carbons (Fsp3) is 0.389. The van der Waals surface area contributed by atoms with Crippen LogP contribution in [0.1, 0.15) is 18.4 Å². The van der Waals surface area contributed by atoms with E-state index < -0.39 is 9.84 Å². The summed E-state index contributed by atoms with van der Waals surface area (Å²) in [6.45, 7) is 4.35. The number of anilines is 1. The highest BCUT2D eigenvalue weighted by Gasteiger charge is 2.19. The number of fused-ring (bicyclic) bond motifs is 1. The Hall–Kier alpha value is -2.12. The zero-order valence-electron chi connectivity index (χ0n) is 14.4. The highest BCUT2D eigenvalue weighted by Crippen LogP contribution is 2.25. The third-order valence-corrected chi connectivity index (χ3v) is 5.40. The minimum Gasteiger partial charge on any atom is -0.470 e. The largest absolute Gasteiger partial charge is 0.470 e. The monoisotopic (exact) mass is 361 g/mol. The van der Waals surface area contributed by atoms with Gasteiger partial charge in [-0.15, -0.1) is 0 Å². The fourth-order valence-corrected chi connectivity index (χ4v) is 3.41. The third-order valence-electron chi connectivity index (χ3n) is 4.27. The smallest absolute Gasteiger partial charge is 0.237 e. The summed E-state index contributed by atoms with van der Waals surface area (Å²) in [7, 11) is -3.15. The molecule has 2 N–H and O–H groups in total. The van der Waals surface area contributed by atoms with Crippen LogP contribution in [0.2, 0.25) is 0 Å². The molecule has 3 rings (SSSR count). The molecule has 0 bridgehead atoms. The molecule has 0 spiro atoms. The van der Waals surface area contributed by atoms with Gasteiger partial charge in [0.25, 0.3) is 0 Å². The van der Waals surface area contributed by atoms with Gasteiger partial charge in [-0.25, -0.2) is 13.4 Å². The van der Waals surface area contributed by atoms with Gasteiger partial charge in [0.05, 0.1) is 17.1 Å². The van der Waals surface area contributed by atoms with Crippen LogP contribution in [-0.4, -0.2) is 45.4 Å². The lowest BCUT2D eigenvalue weighted by Gasteiger charge is -2.27. The summed E-state index contributed by atoms with van der Waals surface area (Å²) in [5, 5.41) is 6.74. The molecule has 0 aliphatic carbocycles. The average Bonchev–Trinajstić information content (AvgIpc) is 2.61. The highest BCUT2D eigenvalue weighted by atomic mass is 32.2. The maximum absolute atomic E-state index is 11.5. The Balaban J connectivity index is 1.49. The first-order valence-electron chi connectivity index (χ1n) is 8.30. The van der Waals surface area contributed by atoms with E-state index in [9.17, 15) is 8.42 Å². The van der Waals surface area contributed by atoms with E-state index in [2.05, 4.69) is 22.5 Å². The van der Waals surface area contributed by atoms with E-state index in [0.717, 1.165) is 30.9 Å². The second-order valence-corrected chi connectivity index (χ2v) is 8.39. The second kappa shape index (κ2) is 7.41. The maximum Gasteiger partial charge on any atom is 0.237 e. The van der Waals surface area contributed by atoms with Crippen LogP contribution in [0.5, 0.6) is 5.88 Å². The summed E-state index contributed by atoms with van der Waals surface area (Å²) < 4.78 is 28.9. The standard InChI is InChI=1S/C18H23N3O3S/c1-13(14-5-7-16(8-6-14)25(2,22)23)10-19-11-15-12-21-17-4-3-9-20-18(17)24-15/h3-9,13,15,19,21H,10-12H2,1-2H3/t13-,15-/m1/s1. The molecular formula is C18H23N3O3S. The molecule has 2 heterocycles. The Morgan fingerprint density at radius 2 is 2.08 bits per heavy atom. The van der Waals surface area contributed by atoms with Gasteiger partial charge in [-0.3, -0.25) is 0 Å². The normalized spacial score (nSPS) is 17.9. The van der Waals surface area contributed by atoms with Crippen LogP contribution >= 0.6 is 0 Å². The van der Waals surface area contributed by atoms with E-state index in [0.29, 0.717) is 10.8 Å². The van der Waals surface area contributed by atoms with Crippen LogP contribution in [0.25, 0.3) is 0 Å². The Morgan fingerprint density at radius 3 is 2.80 bits per heavy atom. The van der Waals surface area contributed by atoms with Crippen molar-refractivity contribution in [2.75, 3.05) is 31.2 Å². The van der Waals surface area contributed by atoms with Crippen molar-refractivity contribution in [3.05, 3.63) is 48.2 Å². The summed E-state index contributed by atoms with van der Waals surface area (Å²) in [6, 6.07) is 10.9. The first kappa shape index (κ1) is 17.7. The van der Waals surface area contributed by atoms with Crippen LogP contribution in [0.3, 0.4) is 0 Å². The van der Waals surface area contributed by atoms with E-state index in [1.54, 1.807) is 18.3 Å². The maximum atomic E-state index is 11.5. The molecule has 2 atom stereocenters. The molecule has 0 saturated carbocycles. The predicted octanol–water partition coefficient (Wildman–Crippen LogP) is 2.05. The van der Waals surface area contributed by atoms with Gasteiger partial charge >= 0.3 is 0 Å². The number of ether oxygens (including phenoxy) is 1. The van der Waals surface area contributed by atoms with Crippen LogP contribution in [0.4, 0.5) is 5.69 Å². The molecule has 7 heteroatoms. The van der Waals surface area contributed by atoms with E-state index in [1.807, 2.05) is 24.3 Å².